The van der Waals surface area contributed by atoms with Crippen LogP contribution < -0.4 is 10.6 Å². The molecule has 0 amide bonds. The van der Waals surface area contributed by atoms with Crippen LogP contribution in [0.2, 0.25) is 12.1 Å². The van der Waals surface area contributed by atoms with Crippen LogP contribution in [0.15, 0.2) is 0 Å². The summed E-state index contributed by atoms with van der Waals surface area (Å²) in [6, 6.07) is 1.39. The molecule has 0 bridgehead atoms. The fourth-order valence-electron chi connectivity index (χ4n) is 2.18. The van der Waals surface area contributed by atoms with Crippen LogP contribution in [0.3, 0.4) is 0 Å². The Morgan fingerprint density at radius 3 is 1.67 bits per heavy atom. The number of thiocarbonyl (C=S) groups is 1. The fraction of sp³-hybridized carbons (Fsp3) is 0.923. The predicted octanol–water partition coefficient (Wildman–Crippen LogP) is -0.236. The Hall–Kier alpha value is -0.116. The van der Waals surface area contributed by atoms with Gasteiger partial charge in [0.25, 0.3) is 0 Å². The zero-order valence-corrected chi connectivity index (χ0v) is 17.9. The lowest BCUT2D eigenvalue weighted by molar-refractivity contribution is 0.123. The second-order valence-electron chi connectivity index (χ2n) is 5.39. The van der Waals surface area contributed by atoms with Gasteiger partial charge in [0.1, 0.15) is 0 Å². The second-order valence-corrected chi connectivity index (χ2v) is 12.8. The van der Waals surface area contributed by atoms with Crippen molar-refractivity contribution >= 4 is 34.5 Å². The van der Waals surface area contributed by atoms with Crippen LogP contribution in [-0.4, -0.2) is 86.4 Å². The molecule has 0 rings (SSSR count). The van der Waals surface area contributed by atoms with Gasteiger partial charge in [0.15, 0.2) is 5.11 Å². The van der Waals surface area contributed by atoms with Gasteiger partial charge >= 0.3 is 8.80 Å². The zero-order chi connectivity index (χ0) is 18.5. The van der Waals surface area contributed by atoms with Crippen molar-refractivity contribution in [2.45, 2.75) is 24.9 Å². The summed E-state index contributed by atoms with van der Waals surface area (Å²) in [4.78, 5) is 0. The van der Waals surface area contributed by atoms with Gasteiger partial charge in [-0.2, -0.15) is 0 Å². The van der Waals surface area contributed by atoms with Crippen molar-refractivity contribution in [2.75, 3.05) is 54.0 Å². The molecule has 8 nitrogen and oxygen atoms in total. The van der Waals surface area contributed by atoms with Crippen molar-refractivity contribution in [1.82, 2.24) is 10.6 Å². The molecule has 0 saturated heterocycles. The van der Waals surface area contributed by atoms with E-state index in [2.05, 4.69) is 10.6 Å². The zero-order valence-electron chi connectivity index (χ0n) is 15.1. The molecule has 0 aliphatic rings. The SMILES string of the molecule is CO[Si](CO)(CO)CCCNC(=S)NCCC[Si](OC)(OC)OC. The highest BCUT2D eigenvalue weighted by Gasteiger charge is 2.36. The summed E-state index contributed by atoms with van der Waals surface area (Å²) in [7, 11) is 1.44. The lowest BCUT2D eigenvalue weighted by Crippen LogP contribution is -2.47. The fourth-order valence-corrected chi connectivity index (χ4v) is 5.80. The summed E-state index contributed by atoms with van der Waals surface area (Å²) in [5, 5.41) is 25.5. The quantitative estimate of drug-likeness (QED) is 0.179. The van der Waals surface area contributed by atoms with Crippen molar-refractivity contribution in [1.29, 1.82) is 0 Å². The van der Waals surface area contributed by atoms with Crippen molar-refractivity contribution in [2.24, 2.45) is 0 Å². The van der Waals surface area contributed by atoms with Gasteiger partial charge < -0.3 is 38.6 Å². The van der Waals surface area contributed by atoms with Gasteiger partial charge in [0.2, 0.25) is 8.32 Å². The third-order valence-corrected chi connectivity index (χ3v) is 10.4. The third kappa shape index (κ3) is 8.31. The Morgan fingerprint density at radius 1 is 0.833 bits per heavy atom. The number of aliphatic hydroxyl groups is 2. The summed E-state index contributed by atoms with van der Waals surface area (Å²) in [5.74, 6) is 0. The predicted molar refractivity (Wildman–Crippen MR) is 101 cm³/mol. The summed E-state index contributed by atoms with van der Waals surface area (Å²) in [6.45, 7) is 1.36. The maximum atomic E-state index is 9.35. The highest BCUT2D eigenvalue weighted by molar-refractivity contribution is 7.80. The van der Waals surface area contributed by atoms with E-state index in [-0.39, 0.29) is 12.5 Å². The highest BCUT2D eigenvalue weighted by atomic mass is 32.1. The van der Waals surface area contributed by atoms with E-state index in [0.29, 0.717) is 30.3 Å². The first-order valence-corrected chi connectivity index (χ1v) is 12.8. The minimum Gasteiger partial charge on any atom is -0.415 e. The van der Waals surface area contributed by atoms with Crippen LogP contribution in [0.25, 0.3) is 0 Å². The monoisotopic (exact) mass is 400 g/mol. The van der Waals surface area contributed by atoms with Crippen LogP contribution >= 0.6 is 12.2 Å². The average Bonchev–Trinajstić information content (AvgIpc) is 2.63. The first-order valence-electron chi connectivity index (χ1n) is 7.91. The lowest BCUT2D eigenvalue weighted by atomic mass is 10.5. The highest BCUT2D eigenvalue weighted by Crippen LogP contribution is 2.14. The van der Waals surface area contributed by atoms with E-state index in [1.807, 2.05) is 0 Å². The van der Waals surface area contributed by atoms with E-state index < -0.39 is 17.1 Å². The van der Waals surface area contributed by atoms with Crippen LogP contribution in [0.1, 0.15) is 12.8 Å². The molecular weight excluding hydrogens is 368 g/mol. The van der Waals surface area contributed by atoms with Crippen LogP contribution in [0.4, 0.5) is 0 Å². The number of rotatable bonds is 14. The summed E-state index contributed by atoms with van der Waals surface area (Å²) in [6.07, 6.45) is 1.44. The van der Waals surface area contributed by atoms with Crippen molar-refractivity contribution < 1.29 is 27.9 Å². The van der Waals surface area contributed by atoms with E-state index in [0.717, 1.165) is 12.8 Å². The normalized spacial score (nSPS) is 12.2. The topological polar surface area (TPSA) is 101 Å². The second kappa shape index (κ2) is 13.1. The number of hydrogen-bond acceptors (Lipinski definition) is 7. The number of aliphatic hydroxyl groups excluding tert-OH is 2. The van der Waals surface area contributed by atoms with E-state index >= 15 is 0 Å². The maximum absolute atomic E-state index is 9.35. The lowest BCUT2D eigenvalue weighted by Gasteiger charge is -2.25. The molecule has 0 fully saturated rings. The molecule has 144 valence electrons. The molecule has 0 aromatic rings. The van der Waals surface area contributed by atoms with Gasteiger partial charge in [0.05, 0.1) is 12.5 Å². The minimum atomic E-state index is -2.51. The first-order chi connectivity index (χ1) is 11.5. The maximum Gasteiger partial charge on any atom is 0.500 e. The summed E-state index contributed by atoms with van der Waals surface area (Å²) in [5.41, 5.74) is 0. The van der Waals surface area contributed by atoms with Crippen LogP contribution in [0, 0.1) is 0 Å². The van der Waals surface area contributed by atoms with E-state index in [9.17, 15) is 10.2 Å². The molecule has 0 unspecified atom stereocenters. The van der Waals surface area contributed by atoms with Gasteiger partial charge in [-0.1, -0.05) is 0 Å². The molecule has 0 heterocycles. The molecule has 0 aliphatic heterocycles. The molecule has 0 spiro atoms. The van der Waals surface area contributed by atoms with Crippen LogP contribution in [0.5, 0.6) is 0 Å². The minimum absolute atomic E-state index is 0.0766. The summed E-state index contributed by atoms with van der Waals surface area (Å²) < 4.78 is 21.4. The standard InChI is InChI=1S/C13H32N2O6SSi2/c1-18-23(11-16,12-17)9-5-7-14-13(22)15-8-6-10-24(19-2,20-3)21-4/h16-17H,5-12H2,1-4H3,(H2,14,15,22). The van der Waals surface area contributed by atoms with Gasteiger partial charge in [-0.15, -0.1) is 0 Å². The molecule has 24 heavy (non-hydrogen) atoms. The van der Waals surface area contributed by atoms with Crippen LogP contribution in [-0.2, 0) is 17.7 Å². The van der Waals surface area contributed by atoms with E-state index in [1.165, 1.54) is 0 Å². The molecule has 11 heteroatoms. The largest absolute Gasteiger partial charge is 0.500 e. The molecule has 0 radical (unpaired) electrons. The molecular formula is C13H32N2O6SSi2. The molecule has 4 N–H and O–H groups in total. The van der Waals surface area contributed by atoms with E-state index in [4.69, 9.17) is 29.9 Å². The van der Waals surface area contributed by atoms with Gasteiger partial charge in [-0.05, 0) is 31.1 Å². The number of hydrogen-bond donors (Lipinski definition) is 4. The smallest absolute Gasteiger partial charge is 0.415 e. The average molecular weight is 401 g/mol. The summed E-state index contributed by atoms with van der Waals surface area (Å²) >= 11 is 5.21. The Bertz CT molecular complexity index is 300. The Balaban J connectivity index is 3.88. The molecule has 0 saturated carbocycles. The molecule has 0 aromatic heterocycles. The Morgan fingerprint density at radius 2 is 1.29 bits per heavy atom. The molecule has 0 atom stereocenters. The molecule has 0 aromatic carbocycles. The van der Waals surface area contributed by atoms with Gasteiger partial charge in [0, 0.05) is 47.6 Å². The Labute approximate surface area is 152 Å². The van der Waals surface area contributed by atoms with Crippen molar-refractivity contribution in [3.05, 3.63) is 0 Å². The van der Waals surface area contributed by atoms with Crippen molar-refractivity contribution in [3.8, 4) is 0 Å². The molecule has 0 aliphatic carbocycles. The van der Waals surface area contributed by atoms with Gasteiger partial charge in [-0.3, -0.25) is 0 Å². The number of nitrogens with one attached hydrogen (secondary N) is 2. The van der Waals surface area contributed by atoms with Gasteiger partial charge in [-0.25, -0.2) is 0 Å². The van der Waals surface area contributed by atoms with E-state index in [1.54, 1.807) is 28.4 Å². The third-order valence-electron chi connectivity index (χ3n) is 3.98. The van der Waals surface area contributed by atoms with Crippen molar-refractivity contribution in [3.63, 3.8) is 0 Å². The first kappa shape index (κ1) is 23.9. The Kier molecular flexibility index (Phi) is 13.1.